The van der Waals surface area contributed by atoms with Crippen LogP contribution in [0.25, 0.3) is 0 Å². The van der Waals surface area contributed by atoms with E-state index in [-0.39, 0.29) is 30.5 Å². The van der Waals surface area contributed by atoms with Crippen LogP contribution in [0.4, 0.5) is 5.69 Å². The second-order valence-corrected chi connectivity index (χ2v) is 12.8. The molecule has 0 spiro atoms. The number of ether oxygens (including phenoxy) is 1. The van der Waals surface area contributed by atoms with E-state index in [0.29, 0.717) is 27.9 Å². The molecule has 0 bridgehead atoms. The van der Waals surface area contributed by atoms with Crippen molar-refractivity contribution in [1.82, 2.24) is 10.2 Å². The minimum Gasteiger partial charge on any atom is -0.497 e. The van der Waals surface area contributed by atoms with E-state index in [4.69, 9.17) is 27.9 Å². The van der Waals surface area contributed by atoms with Gasteiger partial charge in [-0.1, -0.05) is 79.5 Å². The van der Waals surface area contributed by atoms with Crippen molar-refractivity contribution >= 4 is 50.7 Å². The summed E-state index contributed by atoms with van der Waals surface area (Å²) in [6, 6.07) is 19.8. The maximum Gasteiger partial charge on any atom is 0.244 e. The fourth-order valence-electron chi connectivity index (χ4n) is 4.19. The maximum atomic E-state index is 14.1. The number of methoxy groups -OCH3 is 1. The van der Waals surface area contributed by atoms with Crippen molar-refractivity contribution in [1.29, 1.82) is 0 Å². The summed E-state index contributed by atoms with van der Waals surface area (Å²) in [7, 11) is -2.42. The minimum atomic E-state index is -3.89. The molecule has 1 N–H and O–H groups in total. The number of rotatable bonds is 13. The second kappa shape index (κ2) is 14.6. The van der Waals surface area contributed by atoms with Gasteiger partial charge in [-0.2, -0.15) is 0 Å². The van der Waals surface area contributed by atoms with Crippen molar-refractivity contribution in [2.45, 2.75) is 32.9 Å². The average Bonchev–Trinajstić information content (AvgIpc) is 2.94. The predicted molar refractivity (Wildman–Crippen MR) is 164 cm³/mol. The van der Waals surface area contributed by atoms with Crippen LogP contribution in [0.2, 0.25) is 10.0 Å². The smallest absolute Gasteiger partial charge is 0.244 e. The van der Waals surface area contributed by atoms with Crippen LogP contribution in [0.1, 0.15) is 25.0 Å². The number of hydrogen-bond donors (Lipinski definition) is 1. The molecule has 2 amide bonds. The first kappa shape index (κ1) is 32.2. The van der Waals surface area contributed by atoms with Crippen LogP contribution in [0.5, 0.6) is 5.75 Å². The molecule has 0 saturated carbocycles. The van der Waals surface area contributed by atoms with Crippen molar-refractivity contribution < 1.29 is 22.7 Å². The summed E-state index contributed by atoms with van der Waals surface area (Å²) in [4.78, 5) is 29.2. The summed E-state index contributed by atoms with van der Waals surface area (Å²) in [6.07, 6.45) is 1.25. The molecule has 0 aliphatic carbocycles. The zero-order valence-electron chi connectivity index (χ0n) is 23.5. The summed E-state index contributed by atoms with van der Waals surface area (Å²) in [5.41, 5.74) is 1.74. The number of carbonyl (C=O) groups is 2. The first-order valence-electron chi connectivity index (χ1n) is 13.1. The molecule has 0 radical (unpaired) electrons. The third-order valence-corrected chi connectivity index (χ3v) is 8.19. The van der Waals surface area contributed by atoms with E-state index in [2.05, 4.69) is 5.32 Å². The van der Waals surface area contributed by atoms with Crippen molar-refractivity contribution in [3.05, 3.63) is 94.0 Å². The highest BCUT2D eigenvalue weighted by atomic mass is 35.5. The van der Waals surface area contributed by atoms with Gasteiger partial charge in [-0.3, -0.25) is 13.9 Å². The molecule has 0 aliphatic rings. The first-order valence-corrected chi connectivity index (χ1v) is 15.7. The molecule has 3 aromatic carbocycles. The molecule has 0 heterocycles. The molecule has 3 rings (SSSR count). The first-order chi connectivity index (χ1) is 19.4. The van der Waals surface area contributed by atoms with Gasteiger partial charge in [0, 0.05) is 25.6 Å². The Bertz CT molecular complexity index is 1450. The number of benzene rings is 3. The van der Waals surface area contributed by atoms with Gasteiger partial charge >= 0.3 is 0 Å². The molecule has 8 nitrogen and oxygen atoms in total. The Morgan fingerprint density at radius 1 is 0.927 bits per heavy atom. The van der Waals surface area contributed by atoms with Gasteiger partial charge in [0.05, 0.1) is 29.1 Å². The normalized spacial score (nSPS) is 12.1. The lowest BCUT2D eigenvalue weighted by Gasteiger charge is -2.33. The zero-order valence-corrected chi connectivity index (χ0v) is 25.8. The molecule has 41 heavy (non-hydrogen) atoms. The van der Waals surface area contributed by atoms with Gasteiger partial charge in [-0.25, -0.2) is 8.42 Å². The molecule has 0 aliphatic heterocycles. The fourth-order valence-corrected chi connectivity index (χ4v) is 5.35. The maximum absolute atomic E-state index is 14.1. The van der Waals surface area contributed by atoms with E-state index in [9.17, 15) is 18.0 Å². The topological polar surface area (TPSA) is 96.0 Å². The number of hydrogen-bond acceptors (Lipinski definition) is 5. The van der Waals surface area contributed by atoms with Gasteiger partial charge in [0.25, 0.3) is 0 Å². The van der Waals surface area contributed by atoms with E-state index in [0.717, 1.165) is 16.1 Å². The lowest BCUT2D eigenvalue weighted by molar-refractivity contribution is -0.140. The molecular weight excluding hydrogens is 585 g/mol. The summed E-state index contributed by atoms with van der Waals surface area (Å²) >= 11 is 12.4. The highest BCUT2D eigenvalue weighted by Gasteiger charge is 2.33. The molecule has 220 valence electrons. The monoisotopic (exact) mass is 619 g/mol. The van der Waals surface area contributed by atoms with Crippen molar-refractivity contribution in [2.24, 2.45) is 5.92 Å². The predicted octanol–water partition coefficient (Wildman–Crippen LogP) is 5.18. The number of halogens is 2. The van der Waals surface area contributed by atoms with Gasteiger partial charge in [0.15, 0.2) is 0 Å². The van der Waals surface area contributed by atoms with Gasteiger partial charge in [0.2, 0.25) is 21.8 Å². The van der Waals surface area contributed by atoms with Gasteiger partial charge in [-0.15, -0.1) is 0 Å². The standard InChI is InChI=1S/C30H35Cl2N3O5S/c1-21(2)18-33-30(37)28(16-22-9-6-5-7-10-22)34(19-23-13-14-26(31)27(32)15-23)29(36)20-35(41(4,38)39)24-11-8-12-25(17-24)40-3/h5-15,17,21,28H,16,18-20H2,1-4H3,(H,33,37). The van der Waals surface area contributed by atoms with Crippen LogP contribution in [0.15, 0.2) is 72.8 Å². The molecule has 11 heteroatoms. The average molecular weight is 621 g/mol. The van der Waals surface area contributed by atoms with Crippen molar-refractivity contribution in [3.63, 3.8) is 0 Å². The number of amides is 2. The second-order valence-electron chi connectivity index (χ2n) is 10.1. The van der Waals surface area contributed by atoms with Crippen LogP contribution in [-0.4, -0.2) is 57.6 Å². The van der Waals surface area contributed by atoms with Crippen LogP contribution in [0, 0.1) is 5.92 Å². The highest BCUT2D eigenvalue weighted by molar-refractivity contribution is 7.92. The lowest BCUT2D eigenvalue weighted by Crippen LogP contribution is -2.53. The van der Waals surface area contributed by atoms with E-state index < -0.39 is 28.5 Å². The van der Waals surface area contributed by atoms with Crippen LogP contribution in [-0.2, 0) is 32.6 Å². The molecule has 1 atom stereocenters. The number of anilines is 1. The lowest BCUT2D eigenvalue weighted by atomic mass is 10.0. The zero-order chi connectivity index (χ0) is 30.2. The van der Waals surface area contributed by atoms with Gasteiger partial charge in [0.1, 0.15) is 18.3 Å². The molecule has 1 unspecified atom stereocenters. The van der Waals surface area contributed by atoms with Crippen LogP contribution in [0.3, 0.4) is 0 Å². The Labute approximate surface area is 252 Å². The number of carbonyl (C=O) groups excluding carboxylic acids is 2. The summed E-state index contributed by atoms with van der Waals surface area (Å²) in [6.45, 7) is 3.83. The highest BCUT2D eigenvalue weighted by Crippen LogP contribution is 2.26. The molecular formula is C30H35Cl2N3O5S. The SMILES string of the molecule is COc1cccc(N(CC(=O)N(Cc2ccc(Cl)c(Cl)c2)C(Cc2ccccc2)C(=O)NCC(C)C)S(C)(=O)=O)c1. The van der Waals surface area contributed by atoms with Crippen molar-refractivity contribution in [2.75, 3.05) is 30.8 Å². The number of nitrogens with zero attached hydrogens (tertiary/aromatic N) is 2. The molecule has 3 aromatic rings. The summed E-state index contributed by atoms with van der Waals surface area (Å²) < 4.78 is 32.1. The Morgan fingerprint density at radius 3 is 2.24 bits per heavy atom. The summed E-state index contributed by atoms with van der Waals surface area (Å²) in [5.74, 6) is -0.288. The Kier molecular flexibility index (Phi) is 11.5. The molecule has 0 aromatic heterocycles. The quantitative estimate of drug-likeness (QED) is 0.284. The van der Waals surface area contributed by atoms with E-state index in [1.165, 1.54) is 18.1 Å². The van der Waals surface area contributed by atoms with Crippen LogP contribution >= 0.6 is 23.2 Å². The van der Waals surface area contributed by atoms with E-state index in [1.54, 1.807) is 36.4 Å². The largest absolute Gasteiger partial charge is 0.497 e. The van der Waals surface area contributed by atoms with Gasteiger partial charge in [-0.05, 0) is 41.3 Å². The van der Waals surface area contributed by atoms with Gasteiger partial charge < -0.3 is 15.0 Å². The molecule has 0 fully saturated rings. The number of sulfonamides is 1. The Balaban J connectivity index is 2.07. The third-order valence-electron chi connectivity index (χ3n) is 6.31. The summed E-state index contributed by atoms with van der Waals surface area (Å²) in [5, 5.41) is 3.60. The minimum absolute atomic E-state index is 0.00195. The van der Waals surface area contributed by atoms with Crippen molar-refractivity contribution in [3.8, 4) is 5.75 Å². The Hall–Kier alpha value is -3.27. The third kappa shape index (κ3) is 9.38. The Morgan fingerprint density at radius 2 is 1.63 bits per heavy atom. The fraction of sp³-hybridized carbons (Fsp3) is 0.333. The van der Waals surface area contributed by atoms with Crippen LogP contribution < -0.4 is 14.4 Å². The van der Waals surface area contributed by atoms with E-state index in [1.807, 2.05) is 44.2 Å². The molecule has 0 saturated heterocycles. The number of nitrogens with one attached hydrogen (secondary N) is 1. The van der Waals surface area contributed by atoms with E-state index >= 15 is 0 Å².